The standard InChI is InChI=1S/C21H23N3O2/c1-2-26-17-11-7-15(8-12-17)13-21(25)22-14-20-23-18-5-3-4-6-19(18)24(20)16-9-10-16/h3-8,11-12,16H,2,9-10,13-14H2,1H3,(H,22,25). The monoisotopic (exact) mass is 349 g/mol. The van der Waals surface area contributed by atoms with Gasteiger partial charge in [0, 0.05) is 6.04 Å². The predicted molar refractivity (Wildman–Crippen MR) is 101 cm³/mol. The Morgan fingerprint density at radius 2 is 1.96 bits per heavy atom. The maximum Gasteiger partial charge on any atom is 0.224 e. The molecule has 1 N–H and O–H groups in total. The number of carbonyl (C=O) groups is 1. The molecule has 134 valence electrons. The second-order valence-electron chi connectivity index (χ2n) is 6.65. The number of rotatable bonds is 7. The molecular formula is C21H23N3O2. The third-order valence-corrected chi connectivity index (χ3v) is 4.62. The zero-order valence-electron chi connectivity index (χ0n) is 14.9. The van der Waals surface area contributed by atoms with E-state index in [1.54, 1.807) is 0 Å². The number of nitrogens with zero attached hydrogens (tertiary/aromatic N) is 2. The number of benzene rings is 2. The Hall–Kier alpha value is -2.82. The Labute approximate surface area is 153 Å². The second-order valence-corrected chi connectivity index (χ2v) is 6.65. The van der Waals surface area contributed by atoms with E-state index in [4.69, 9.17) is 9.72 Å². The molecule has 0 aliphatic heterocycles. The molecule has 0 saturated heterocycles. The molecule has 1 aromatic heterocycles. The van der Waals surface area contributed by atoms with Crippen molar-refractivity contribution in [2.45, 2.75) is 38.8 Å². The Balaban J connectivity index is 1.41. The normalized spacial score (nSPS) is 13.7. The molecule has 0 radical (unpaired) electrons. The first-order chi connectivity index (χ1) is 12.7. The SMILES string of the molecule is CCOc1ccc(CC(=O)NCc2nc3ccccc3n2C2CC2)cc1. The highest BCUT2D eigenvalue weighted by Gasteiger charge is 2.28. The summed E-state index contributed by atoms with van der Waals surface area (Å²) in [6.45, 7) is 3.05. The van der Waals surface area contributed by atoms with Crippen molar-refractivity contribution < 1.29 is 9.53 Å². The lowest BCUT2D eigenvalue weighted by atomic mass is 10.1. The first-order valence-electron chi connectivity index (χ1n) is 9.19. The highest BCUT2D eigenvalue weighted by atomic mass is 16.5. The Morgan fingerprint density at radius 3 is 2.69 bits per heavy atom. The largest absolute Gasteiger partial charge is 0.494 e. The number of amides is 1. The minimum absolute atomic E-state index is 0.00330. The van der Waals surface area contributed by atoms with Gasteiger partial charge in [-0.2, -0.15) is 0 Å². The highest BCUT2D eigenvalue weighted by Crippen LogP contribution is 2.38. The molecule has 0 bridgehead atoms. The summed E-state index contributed by atoms with van der Waals surface area (Å²) in [5.41, 5.74) is 3.13. The van der Waals surface area contributed by atoms with Gasteiger partial charge in [-0.1, -0.05) is 24.3 Å². The number of aromatic nitrogens is 2. The van der Waals surface area contributed by atoms with Crippen molar-refractivity contribution >= 4 is 16.9 Å². The van der Waals surface area contributed by atoms with E-state index < -0.39 is 0 Å². The van der Waals surface area contributed by atoms with Gasteiger partial charge < -0.3 is 14.6 Å². The van der Waals surface area contributed by atoms with Crippen LogP contribution in [0, 0.1) is 0 Å². The van der Waals surface area contributed by atoms with Gasteiger partial charge in [-0.25, -0.2) is 4.98 Å². The van der Waals surface area contributed by atoms with E-state index in [1.165, 1.54) is 12.8 Å². The third kappa shape index (κ3) is 3.57. The lowest BCUT2D eigenvalue weighted by Crippen LogP contribution is -2.26. The molecule has 1 saturated carbocycles. The molecule has 1 heterocycles. The minimum atomic E-state index is 0.00330. The average Bonchev–Trinajstić information content (AvgIpc) is 3.42. The van der Waals surface area contributed by atoms with E-state index in [1.807, 2.05) is 49.4 Å². The molecule has 1 aliphatic carbocycles. The number of hydrogen-bond acceptors (Lipinski definition) is 3. The summed E-state index contributed by atoms with van der Waals surface area (Å²) in [6.07, 6.45) is 2.73. The Morgan fingerprint density at radius 1 is 1.19 bits per heavy atom. The van der Waals surface area contributed by atoms with E-state index in [2.05, 4.69) is 16.0 Å². The van der Waals surface area contributed by atoms with Crippen LogP contribution in [-0.4, -0.2) is 22.1 Å². The lowest BCUT2D eigenvalue weighted by Gasteiger charge is -2.09. The topological polar surface area (TPSA) is 56.1 Å². The van der Waals surface area contributed by atoms with E-state index in [0.29, 0.717) is 25.6 Å². The van der Waals surface area contributed by atoms with Gasteiger partial charge in [0.15, 0.2) is 0 Å². The molecule has 0 spiro atoms. The fourth-order valence-corrected chi connectivity index (χ4v) is 3.25. The second kappa shape index (κ2) is 7.20. The van der Waals surface area contributed by atoms with Crippen LogP contribution >= 0.6 is 0 Å². The summed E-state index contributed by atoms with van der Waals surface area (Å²) >= 11 is 0. The Kier molecular flexibility index (Phi) is 4.61. The van der Waals surface area contributed by atoms with Crippen molar-refractivity contribution in [3.8, 4) is 5.75 Å². The molecule has 1 fully saturated rings. The van der Waals surface area contributed by atoms with E-state index in [-0.39, 0.29) is 5.91 Å². The van der Waals surface area contributed by atoms with Crippen molar-refractivity contribution in [2.24, 2.45) is 0 Å². The molecule has 2 aromatic carbocycles. The third-order valence-electron chi connectivity index (χ3n) is 4.62. The van der Waals surface area contributed by atoms with Gasteiger partial charge >= 0.3 is 0 Å². The summed E-state index contributed by atoms with van der Waals surface area (Å²) in [7, 11) is 0. The fraction of sp³-hybridized carbons (Fsp3) is 0.333. The van der Waals surface area contributed by atoms with Crippen LogP contribution in [0.5, 0.6) is 5.75 Å². The number of imidazole rings is 1. The van der Waals surface area contributed by atoms with Crippen molar-refractivity contribution in [3.05, 3.63) is 59.9 Å². The van der Waals surface area contributed by atoms with Crippen molar-refractivity contribution in [2.75, 3.05) is 6.61 Å². The average molecular weight is 349 g/mol. The van der Waals surface area contributed by atoms with E-state index >= 15 is 0 Å². The van der Waals surface area contributed by atoms with Gasteiger partial charge in [0.1, 0.15) is 11.6 Å². The maximum atomic E-state index is 12.3. The zero-order chi connectivity index (χ0) is 17.9. The molecule has 5 nitrogen and oxygen atoms in total. The van der Waals surface area contributed by atoms with Crippen LogP contribution in [0.25, 0.3) is 11.0 Å². The highest BCUT2D eigenvalue weighted by molar-refractivity contribution is 5.79. The maximum absolute atomic E-state index is 12.3. The number of ether oxygens (including phenoxy) is 1. The van der Waals surface area contributed by atoms with Crippen LogP contribution in [0.15, 0.2) is 48.5 Å². The van der Waals surface area contributed by atoms with Crippen molar-refractivity contribution in [1.82, 2.24) is 14.9 Å². The van der Waals surface area contributed by atoms with Gasteiger partial charge in [0.25, 0.3) is 0 Å². The first kappa shape index (κ1) is 16.6. The molecule has 5 heteroatoms. The van der Waals surface area contributed by atoms with Gasteiger partial charge in [-0.15, -0.1) is 0 Å². The van der Waals surface area contributed by atoms with Gasteiger partial charge in [0.05, 0.1) is 30.6 Å². The number of fused-ring (bicyclic) bond motifs is 1. The molecule has 3 aromatic rings. The number of hydrogen-bond donors (Lipinski definition) is 1. The Bertz CT molecular complexity index is 911. The van der Waals surface area contributed by atoms with E-state index in [0.717, 1.165) is 28.2 Å². The van der Waals surface area contributed by atoms with Crippen LogP contribution in [0.2, 0.25) is 0 Å². The van der Waals surface area contributed by atoms with Crippen LogP contribution < -0.4 is 10.1 Å². The summed E-state index contributed by atoms with van der Waals surface area (Å²) < 4.78 is 7.71. The van der Waals surface area contributed by atoms with E-state index in [9.17, 15) is 4.79 Å². The summed E-state index contributed by atoms with van der Waals surface area (Å²) in [4.78, 5) is 17.0. The minimum Gasteiger partial charge on any atom is -0.494 e. The molecule has 1 amide bonds. The number of carbonyl (C=O) groups excluding carboxylic acids is 1. The van der Waals surface area contributed by atoms with Gasteiger partial charge in [-0.3, -0.25) is 4.79 Å². The molecule has 26 heavy (non-hydrogen) atoms. The van der Waals surface area contributed by atoms with Crippen LogP contribution in [0.3, 0.4) is 0 Å². The molecule has 0 atom stereocenters. The van der Waals surface area contributed by atoms with Crippen molar-refractivity contribution in [1.29, 1.82) is 0 Å². The van der Waals surface area contributed by atoms with Gasteiger partial charge in [0.2, 0.25) is 5.91 Å². The predicted octanol–water partition coefficient (Wildman–Crippen LogP) is 3.63. The molecule has 1 aliphatic rings. The van der Waals surface area contributed by atoms with Crippen LogP contribution in [-0.2, 0) is 17.8 Å². The van der Waals surface area contributed by atoms with Gasteiger partial charge in [-0.05, 0) is 49.6 Å². The molecular weight excluding hydrogens is 326 g/mol. The summed E-state index contributed by atoms with van der Waals surface area (Å²) in [5, 5.41) is 3.02. The summed E-state index contributed by atoms with van der Waals surface area (Å²) in [6, 6.07) is 16.4. The number of nitrogens with one attached hydrogen (secondary N) is 1. The quantitative estimate of drug-likeness (QED) is 0.709. The molecule has 0 unspecified atom stereocenters. The smallest absolute Gasteiger partial charge is 0.224 e. The van der Waals surface area contributed by atoms with Crippen LogP contribution in [0.4, 0.5) is 0 Å². The zero-order valence-corrected chi connectivity index (χ0v) is 14.9. The first-order valence-corrected chi connectivity index (χ1v) is 9.19. The molecule has 4 rings (SSSR count). The fourth-order valence-electron chi connectivity index (χ4n) is 3.25. The van der Waals surface area contributed by atoms with Crippen molar-refractivity contribution in [3.63, 3.8) is 0 Å². The van der Waals surface area contributed by atoms with Crippen LogP contribution in [0.1, 0.15) is 37.2 Å². The summed E-state index contributed by atoms with van der Waals surface area (Å²) in [5.74, 6) is 1.77. The lowest BCUT2D eigenvalue weighted by molar-refractivity contribution is -0.120. The number of para-hydroxylation sites is 2.